The largest absolute Gasteiger partial charge is 0.355 e. The van der Waals surface area contributed by atoms with Crippen molar-refractivity contribution >= 4 is 11.8 Å². The van der Waals surface area contributed by atoms with Gasteiger partial charge in [0.15, 0.2) is 0 Å². The van der Waals surface area contributed by atoms with Crippen molar-refractivity contribution < 1.29 is 14.0 Å². The molecule has 0 unspecified atom stereocenters. The van der Waals surface area contributed by atoms with Gasteiger partial charge in [0.05, 0.1) is 5.54 Å². The molecule has 0 bridgehead atoms. The lowest BCUT2D eigenvalue weighted by atomic mass is 10.0. The Labute approximate surface area is 124 Å². The number of halogens is 1. The summed E-state index contributed by atoms with van der Waals surface area (Å²) in [5.74, 6) is -0.616. The fraction of sp³-hybridized carbons (Fsp3) is 0.467. The second-order valence-electron chi connectivity index (χ2n) is 5.35. The van der Waals surface area contributed by atoms with E-state index in [4.69, 9.17) is 0 Å². The molecule has 6 heteroatoms. The molecule has 0 radical (unpaired) electrons. The van der Waals surface area contributed by atoms with E-state index in [9.17, 15) is 14.0 Å². The molecule has 116 valence electrons. The fourth-order valence-electron chi connectivity index (χ4n) is 1.74. The molecule has 21 heavy (non-hydrogen) atoms. The first-order chi connectivity index (χ1) is 9.81. The predicted octanol–water partition coefficient (Wildman–Crippen LogP) is 0.946. The van der Waals surface area contributed by atoms with Gasteiger partial charge in [0.2, 0.25) is 11.8 Å². The van der Waals surface area contributed by atoms with Crippen molar-refractivity contribution in [2.75, 3.05) is 13.1 Å². The molecule has 1 aromatic carbocycles. The first-order valence-corrected chi connectivity index (χ1v) is 6.83. The smallest absolute Gasteiger partial charge is 0.239 e. The number of nitrogens with one attached hydrogen (secondary N) is 3. The van der Waals surface area contributed by atoms with E-state index < -0.39 is 5.54 Å². The summed E-state index contributed by atoms with van der Waals surface area (Å²) in [4.78, 5) is 22.8. The summed E-state index contributed by atoms with van der Waals surface area (Å²) in [5.41, 5.74) is -0.0661. The minimum atomic E-state index is -0.772. The van der Waals surface area contributed by atoms with Crippen molar-refractivity contribution in [3.05, 3.63) is 35.6 Å². The molecular weight excluding hydrogens is 273 g/mol. The van der Waals surface area contributed by atoms with E-state index in [1.807, 2.05) is 0 Å². The number of carbonyl (C=O) groups excluding carboxylic acids is 2. The zero-order chi connectivity index (χ0) is 15.9. The summed E-state index contributed by atoms with van der Waals surface area (Å²) in [5, 5.41) is 8.47. The SMILES string of the molecule is CC(=O)NCCNC(C)(C)C(=O)NCc1cccc(F)c1. The number of rotatable bonds is 7. The van der Waals surface area contributed by atoms with Crippen LogP contribution in [0.1, 0.15) is 26.3 Å². The molecule has 0 fully saturated rings. The van der Waals surface area contributed by atoms with Crippen molar-refractivity contribution in [3.8, 4) is 0 Å². The Morgan fingerprint density at radius 3 is 2.52 bits per heavy atom. The normalized spacial score (nSPS) is 11.0. The highest BCUT2D eigenvalue weighted by atomic mass is 19.1. The van der Waals surface area contributed by atoms with E-state index in [0.29, 0.717) is 18.7 Å². The standard InChI is InChI=1S/C15H22FN3O2/c1-11(20)17-7-8-19-15(2,3)14(21)18-10-12-5-4-6-13(16)9-12/h4-6,9,19H,7-8,10H2,1-3H3,(H,17,20)(H,18,21). The van der Waals surface area contributed by atoms with Gasteiger partial charge in [-0.1, -0.05) is 12.1 Å². The molecule has 0 atom stereocenters. The van der Waals surface area contributed by atoms with E-state index in [2.05, 4.69) is 16.0 Å². The van der Waals surface area contributed by atoms with Crippen LogP contribution in [0.4, 0.5) is 4.39 Å². The molecule has 0 aliphatic rings. The van der Waals surface area contributed by atoms with Crippen molar-refractivity contribution in [2.24, 2.45) is 0 Å². The second kappa shape index (κ2) is 7.73. The molecule has 0 saturated carbocycles. The molecule has 1 aromatic rings. The average molecular weight is 295 g/mol. The highest BCUT2D eigenvalue weighted by molar-refractivity contribution is 5.85. The minimum absolute atomic E-state index is 0.106. The highest BCUT2D eigenvalue weighted by Crippen LogP contribution is 2.05. The molecular formula is C15H22FN3O2. The van der Waals surface area contributed by atoms with Crippen LogP contribution in [-0.2, 0) is 16.1 Å². The van der Waals surface area contributed by atoms with Crippen LogP contribution < -0.4 is 16.0 Å². The van der Waals surface area contributed by atoms with Gasteiger partial charge >= 0.3 is 0 Å². The molecule has 3 N–H and O–H groups in total. The monoisotopic (exact) mass is 295 g/mol. The Morgan fingerprint density at radius 2 is 1.90 bits per heavy atom. The van der Waals surface area contributed by atoms with Gasteiger partial charge < -0.3 is 16.0 Å². The van der Waals surface area contributed by atoms with Gasteiger partial charge in [0.1, 0.15) is 5.82 Å². The lowest BCUT2D eigenvalue weighted by Gasteiger charge is -2.25. The van der Waals surface area contributed by atoms with Crippen LogP contribution in [0.15, 0.2) is 24.3 Å². The maximum absolute atomic E-state index is 13.0. The summed E-state index contributed by atoms with van der Waals surface area (Å²) in [7, 11) is 0. The summed E-state index contributed by atoms with van der Waals surface area (Å²) in [6.45, 7) is 6.16. The number of hydrogen-bond acceptors (Lipinski definition) is 3. The van der Waals surface area contributed by atoms with Crippen LogP contribution in [-0.4, -0.2) is 30.4 Å². The zero-order valence-corrected chi connectivity index (χ0v) is 12.6. The van der Waals surface area contributed by atoms with Crippen LogP contribution in [0, 0.1) is 5.82 Å². The van der Waals surface area contributed by atoms with Gasteiger partial charge in [-0.3, -0.25) is 9.59 Å². The molecule has 0 heterocycles. The van der Waals surface area contributed by atoms with Crippen LogP contribution >= 0.6 is 0 Å². The first kappa shape index (κ1) is 17.1. The summed E-state index contributed by atoms with van der Waals surface area (Å²) < 4.78 is 13.0. The molecule has 0 aliphatic heterocycles. The lowest BCUT2D eigenvalue weighted by molar-refractivity contribution is -0.126. The van der Waals surface area contributed by atoms with Crippen LogP contribution in [0.5, 0.6) is 0 Å². The van der Waals surface area contributed by atoms with Gasteiger partial charge in [-0.25, -0.2) is 4.39 Å². The first-order valence-electron chi connectivity index (χ1n) is 6.83. The third-order valence-electron chi connectivity index (χ3n) is 2.98. The number of amides is 2. The van der Waals surface area contributed by atoms with Gasteiger partial charge in [-0.15, -0.1) is 0 Å². The topological polar surface area (TPSA) is 70.2 Å². The van der Waals surface area contributed by atoms with E-state index in [1.54, 1.807) is 26.0 Å². The minimum Gasteiger partial charge on any atom is -0.355 e. The van der Waals surface area contributed by atoms with Gasteiger partial charge in [0.25, 0.3) is 0 Å². The quantitative estimate of drug-likeness (QED) is 0.656. The van der Waals surface area contributed by atoms with E-state index in [0.717, 1.165) is 0 Å². The third-order valence-corrected chi connectivity index (χ3v) is 2.98. The molecule has 2 amide bonds. The number of hydrogen-bond donors (Lipinski definition) is 3. The third kappa shape index (κ3) is 6.35. The molecule has 1 rings (SSSR count). The Kier molecular flexibility index (Phi) is 6.30. The molecule has 0 saturated heterocycles. The van der Waals surface area contributed by atoms with E-state index >= 15 is 0 Å². The summed E-state index contributed by atoms with van der Waals surface area (Å²) in [6, 6.07) is 6.10. The number of benzene rings is 1. The maximum atomic E-state index is 13.0. The van der Waals surface area contributed by atoms with E-state index in [1.165, 1.54) is 19.1 Å². The maximum Gasteiger partial charge on any atom is 0.239 e. The molecule has 0 aromatic heterocycles. The van der Waals surface area contributed by atoms with Crippen molar-refractivity contribution in [1.29, 1.82) is 0 Å². The highest BCUT2D eigenvalue weighted by Gasteiger charge is 2.26. The number of carbonyl (C=O) groups is 2. The van der Waals surface area contributed by atoms with Gasteiger partial charge in [-0.05, 0) is 31.5 Å². The lowest BCUT2D eigenvalue weighted by Crippen LogP contribution is -2.54. The van der Waals surface area contributed by atoms with Crippen molar-refractivity contribution in [2.45, 2.75) is 32.9 Å². The van der Waals surface area contributed by atoms with Gasteiger partial charge in [0, 0.05) is 26.6 Å². The van der Waals surface area contributed by atoms with Crippen molar-refractivity contribution in [3.63, 3.8) is 0 Å². The summed E-state index contributed by atoms with van der Waals surface area (Å²) >= 11 is 0. The predicted molar refractivity (Wildman–Crippen MR) is 79.0 cm³/mol. The Morgan fingerprint density at radius 1 is 1.19 bits per heavy atom. The van der Waals surface area contributed by atoms with Crippen LogP contribution in [0.3, 0.4) is 0 Å². The van der Waals surface area contributed by atoms with Crippen molar-refractivity contribution in [1.82, 2.24) is 16.0 Å². The Hall–Kier alpha value is -1.95. The van der Waals surface area contributed by atoms with Gasteiger partial charge in [-0.2, -0.15) is 0 Å². The Bertz CT molecular complexity index is 503. The molecule has 0 spiro atoms. The van der Waals surface area contributed by atoms with Crippen LogP contribution in [0.2, 0.25) is 0 Å². The molecule has 5 nitrogen and oxygen atoms in total. The van der Waals surface area contributed by atoms with E-state index in [-0.39, 0.29) is 24.2 Å². The molecule has 0 aliphatic carbocycles. The summed E-state index contributed by atoms with van der Waals surface area (Å²) in [6.07, 6.45) is 0. The second-order valence-corrected chi connectivity index (χ2v) is 5.35. The average Bonchev–Trinajstić information content (AvgIpc) is 2.41. The fourth-order valence-corrected chi connectivity index (χ4v) is 1.74. The Balaban J connectivity index is 2.40. The van der Waals surface area contributed by atoms with Crippen LogP contribution in [0.25, 0.3) is 0 Å². The zero-order valence-electron chi connectivity index (χ0n) is 12.6.